The van der Waals surface area contributed by atoms with E-state index in [1.807, 2.05) is 0 Å². The monoisotopic (exact) mass is 1760 g/mol. The molecule has 23 fully saturated rings. The molecule has 35 atom stereocenters. The molecule has 2 radical (unpaired) electrons. The first-order chi connectivity index (χ1) is 58.3. The van der Waals surface area contributed by atoms with Crippen LogP contribution in [-0.2, 0) is 186 Å². The zero-order valence-electron chi connectivity index (χ0n) is 76.0. The second-order valence-corrected chi connectivity index (χ2v) is 34.9. The van der Waals surface area contributed by atoms with Crippen LogP contribution >= 0.6 is 0 Å². The van der Waals surface area contributed by atoms with Crippen LogP contribution in [0.4, 0.5) is 0 Å². The van der Waals surface area contributed by atoms with Gasteiger partial charge in [-0.2, -0.15) is 0 Å². The number of methoxy groups -OCH3 is 19. The first kappa shape index (κ1) is 102. The van der Waals surface area contributed by atoms with Crippen molar-refractivity contribution in [3.63, 3.8) is 0 Å². The Balaban J connectivity index is 1.11. The average Bonchev–Trinajstić information content (AvgIpc) is 0.771. The Labute approximate surface area is 716 Å². The summed E-state index contributed by atoms with van der Waals surface area (Å²) >= 11 is 0. The molecule has 14 bridgehead atoms. The van der Waals surface area contributed by atoms with Gasteiger partial charge in [-0.15, -0.1) is 20.5 Å². The Bertz CT molecular complexity index is 3030. The molecule has 0 saturated carbocycles. The molecule has 41 nitrogen and oxygen atoms in total. The minimum Gasteiger partial charge on any atom is -0.463 e. The summed E-state index contributed by atoms with van der Waals surface area (Å²) < 4.78 is 231. The first-order valence-electron chi connectivity index (χ1n) is 41.6. The lowest BCUT2D eigenvalue weighted by Crippen LogP contribution is -2.69. The van der Waals surface area contributed by atoms with Crippen molar-refractivity contribution in [2.75, 3.05) is 181 Å². The van der Waals surface area contributed by atoms with E-state index in [0.29, 0.717) is 0 Å². The van der Waals surface area contributed by atoms with Gasteiger partial charge in [0.05, 0.1) is 44.9 Å². The van der Waals surface area contributed by atoms with E-state index in [1.165, 1.54) is 135 Å². The third-order valence-electron chi connectivity index (χ3n) is 25.3. The number of carbonyl (C=O) groups is 2. The van der Waals surface area contributed by atoms with E-state index < -0.39 is 274 Å². The molecule has 0 aliphatic carbocycles. The van der Waals surface area contributed by atoms with Crippen LogP contribution in [0.1, 0.15) is 81.1 Å². The van der Waals surface area contributed by atoms with Crippen molar-refractivity contribution in [2.45, 2.75) is 318 Å². The number of hydrogen-bond acceptors (Lipinski definition) is 39. The molecule has 0 aromatic carbocycles. The summed E-state index contributed by atoms with van der Waals surface area (Å²) in [6.07, 6.45) is -41.2. The fourth-order valence-electron chi connectivity index (χ4n) is 19.9. The van der Waals surface area contributed by atoms with E-state index in [1.54, 1.807) is 55.4 Å². The number of hydrogen-bond donors (Lipinski definition) is 0. The van der Waals surface area contributed by atoms with Crippen LogP contribution in [0, 0.1) is 11.8 Å². The zero-order chi connectivity index (χ0) is 89.2. The van der Waals surface area contributed by atoms with E-state index in [4.69, 9.17) is 166 Å². The highest BCUT2D eigenvalue weighted by atomic mass is 16.8. The molecule has 23 aliphatic rings. The maximum atomic E-state index is 14.9. The van der Waals surface area contributed by atoms with E-state index in [-0.39, 0.29) is 58.7 Å². The van der Waals surface area contributed by atoms with Gasteiger partial charge in [-0.25, -0.2) is 0 Å². The van der Waals surface area contributed by atoms with Crippen LogP contribution < -0.4 is 0 Å². The molecule has 41 heteroatoms. The van der Waals surface area contributed by atoms with Gasteiger partial charge in [0.25, 0.3) is 0 Å². The summed E-state index contributed by atoms with van der Waals surface area (Å²) in [6, 6.07) is 0. The number of ether oxygens (including phenoxy) is 35. The molecule has 23 rings (SSSR count). The summed E-state index contributed by atoms with van der Waals surface area (Å²) in [5.74, 6) is -2.76. The molecule has 0 N–H and O–H groups in total. The van der Waals surface area contributed by atoms with E-state index in [9.17, 15) is 20.0 Å². The summed E-state index contributed by atoms with van der Waals surface area (Å²) in [5, 5.41) is 29.5. The number of piperidine rings is 2. The minimum atomic E-state index is -1.56. The third kappa shape index (κ3) is 21.8. The largest absolute Gasteiger partial charge is 0.463 e. The Morgan fingerprint density at radius 2 is 0.369 bits per heavy atom. The van der Waals surface area contributed by atoms with E-state index >= 15 is 0 Å². The van der Waals surface area contributed by atoms with Gasteiger partial charge in [0.1, 0.15) is 184 Å². The first-order valence-corrected chi connectivity index (χ1v) is 41.6. The normalized spacial score (nSPS) is 43.2. The van der Waals surface area contributed by atoms with Crippen molar-refractivity contribution in [3.05, 3.63) is 0 Å². The van der Waals surface area contributed by atoms with Gasteiger partial charge in [0.2, 0.25) is 0 Å². The van der Waals surface area contributed by atoms with Crippen LogP contribution in [-0.4, -0.2) is 440 Å². The number of rotatable bonds is 30. The summed E-state index contributed by atoms with van der Waals surface area (Å²) in [5.41, 5.74) is -3.88. The lowest BCUT2D eigenvalue weighted by atomic mass is 9.75. The van der Waals surface area contributed by atoms with E-state index in [0.717, 1.165) is 10.1 Å². The standard InChI is InChI=1S/C81H140N2O39/c1-78(2)28-39(29-79(3,4)82(78)86)69(84)107-37-46-53-60(98-19)68(106-27)77(115-46)122-54-47(38-108-70(85)40-30-80(5,6)83(87)81(7,8)31-40)114-76(67(105-26)61(54)99-20)120-52-45(36-92-13)112-74(65(103-24)59(52)97-18)118-50-43(34-90-11)110-72(63(101-22)57(50)95-16)116-48-41(32-88-9)109-71(62(100-21)55(48)93-14)117-49-42(33-89-10)111-73(64(102-23)56(49)94-15)119-51-44(35-91-12)113-75(121-53)66(104-25)58(51)96-17/h39-68,71-77H,28-38H2,1-27H3/t41-,42-,43-,44-,45-,46-,47-,48-,49-,50-,51-,52-,53-,54-,55+,56+,57+,58+,59+,60+,61+,62-,63-,64-,65-,66-,67-,68-,71-,72-,73-,74-,75-,76-,77-/m1/s1. The average molecular weight is 1770 g/mol. The number of hydroxylamine groups is 4. The van der Waals surface area contributed by atoms with Crippen LogP contribution in [0.2, 0.25) is 0 Å². The Kier molecular flexibility index (Phi) is 37.5. The molecule has 0 aromatic rings. The molecule has 0 unspecified atom stereocenters. The summed E-state index contributed by atoms with van der Waals surface area (Å²) in [7, 11) is 27.8. The minimum absolute atomic E-state index is 0.0850. The topological polar surface area (TPSA) is 403 Å². The third-order valence-corrected chi connectivity index (χ3v) is 25.3. The van der Waals surface area contributed by atoms with Crippen LogP contribution in [0.5, 0.6) is 0 Å². The van der Waals surface area contributed by atoms with Crippen LogP contribution in [0.15, 0.2) is 0 Å². The Hall–Kier alpha value is -2.54. The summed E-state index contributed by atoms with van der Waals surface area (Å²) in [4.78, 5) is 29.8. The summed E-state index contributed by atoms with van der Waals surface area (Å²) in [6.45, 7) is 12.6. The second kappa shape index (κ2) is 45.1. The molecule has 0 aromatic heterocycles. The number of nitrogens with zero attached hydrogens (tertiary/aromatic N) is 2. The highest BCUT2D eigenvalue weighted by molar-refractivity contribution is 5.73. The predicted molar refractivity (Wildman–Crippen MR) is 414 cm³/mol. The lowest BCUT2D eigenvalue weighted by molar-refractivity contribution is -0.402. The highest BCUT2D eigenvalue weighted by Crippen LogP contribution is 2.47. The molecule has 122 heavy (non-hydrogen) atoms. The van der Waals surface area contributed by atoms with Gasteiger partial charge in [-0.3, -0.25) is 9.59 Å². The van der Waals surface area contributed by atoms with Crippen molar-refractivity contribution in [1.29, 1.82) is 0 Å². The maximum absolute atomic E-state index is 14.9. The van der Waals surface area contributed by atoms with Gasteiger partial charge in [-0.05, 0) is 81.1 Å². The van der Waals surface area contributed by atoms with Crippen molar-refractivity contribution in [1.82, 2.24) is 10.1 Å². The molecule has 0 amide bonds. The van der Waals surface area contributed by atoms with Crippen molar-refractivity contribution >= 4 is 11.9 Å². The predicted octanol–water partition coefficient (Wildman–Crippen LogP) is 1.53. The molecule has 23 aliphatic heterocycles. The number of carbonyl (C=O) groups excluding carboxylic acids is 2. The van der Waals surface area contributed by atoms with E-state index in [2.05, 4.69) is 0 Å². The van der Waals surface area contributed by atoms with Crippen LogP contribution in [0.25, 0.3) is 0 Å². The van der Waals surface area contributed by atoms with Crippen molar-refractivity contribution < 1.29 is 186 Å². The second-order valence-electron chi connectivity index (χ2n) is 34.9. The SMILES string of the molecule is COC[C@H]1O[C@@H]2O[C@H]3[C@H](OC)[C@@H](OC)[C@@H](O[C@H]4[C@H](OC)[C@@H](OC)[C@@H](O[C@H]5[C@H](OC)[C@@H](OC)[C@@H](O[C@H]6[C@H](OC)[C@@H](OC)[C@@H](O[C@H]7[C@H](OC)[C@@H](OC)[C@@H](O[C@H]8[C@H](OC)[C@@H](OC)[C@@H](O[C@H]1[C@H](OC)[C@H]2OC)O[C@@H]8COC)O[C@@H]7COC)O[C@@H]6COC(=O)C1CC(C)(C)N([O])C(C)(C)C1)O[C@@H]5COC(=O)C1CC(C)(C)N([O])C(C)(C)C1)O[C@@H]4COC)O[C@@H]3COC. The van der Waals surface area contributed by atoms with Crippen molar-refractivity contribution in [3.8, 4) is 0 Å². The van der Waals surface area contributed by atoms with Crippen LogP contribution in [0.3, 0.4) is 0 Å². The fourth-order valence-corrected chi connectivity index (χ4v) is 19.9. The quantitative estimate of drug-likeness (QED) is 0.0920. The van der Waals surface area contributed by atoms with Gasteiger partial charge in [0, 0.05) is 157 Å². The molecule has 23 heterocycles. The molecule has 23 saturated heterocycles. The smallest absolute Gasteiger partial charge is 0.309 e. The Morgan fingerprint density at radius 3 is 0.500 bits per heavy atom. The molecular weight excluding hydrogens is 1620 g/mol. The zero-order valence-corrected chi connectivity index (χ0v) is 76.0. The maximum Gasteiger partial charge on any atom is 0.309 e. The lowest BCUT2D eigenvalue weighted by Gasteiger charge is -2.52. The Morgan fingerprint density at radius 1 is 0.230 bits per heavy atom. The fraction of sp³-hybridized carbons (Fsp3) is 0.975. The molecule has 708 valence electrons. The van der Waals surface area contributed by atoms with Gasteiger partial charge in [0.15, 0.2) is 44.0 Å². The van der Waals surface area contributed by atoms with Crippen molar-refractivity contribution in [2.24, 2.45) is 11.8 Å². The molecular formula is C81H140N2O39. The van der Waals surface area contributed by atoms with Gasteiger partial charge in [-0.1, -0.05) is 0 Å². The number of esters is 2. The van der Waals surface area contributed by atoms with Gasteiger partial charge >= 0.3 is 11.9 Å². The molecule has 0 spiro atoms. The van der Waals surface area contributed by atoms with Gasteiger partial charge < -0.3 is 166 Å². The highest BCUT2D eigenvalue weighted by Gasteiger charge is 2.64.